The van der Waals surface area contributed by atoms with Crippen molar-refractivity contribution in [1.29, 1.82) is 0 Å². The molecule has 0 spiro atoms. The van der Waals surface area contributed by atoms with E-state index in [0.29, 0.717) is 6.04 Å². The van der Waals surface area contributed by atoms with Gasteiger partial charge in [-0.15, -0.1) is 0 Å². The molecule has 1 aromatic rings. The highest BCUT2D eigenvalue weighted by molar-refractivity contribution is 5.30. The maximum Gasteiger partial charge on any atom is 0.203 e. The van der Waals surface area contributed by atoms with E-state index >= 15 is 0 Å². The fourth-order valence-corrected chi connectivity index (χ4v) is 3.02. The number of hydrogen-bond acceptors (Lipinski definition) is 3. The Labute approximate surface area is 122 Å². The van der Waals surface area contributed by atoms with E-state index in [9.17, 15) is 0 Å². The summed E-state index contributed by atoms with van der Waals surface area (Å²) >= 11 is 0. The quantitative estimate of drug-likeness (QED) is 0.857. The molecular weight excluding hydrogens is 250 g/mol. The Bertz CT molecular complexity index is 419. The van der Waals surface area contributed by atoms with Crippen LogP contribution in [0.2, 0.25) is 0 Å². The molecular formula is C16H29N3O. The van der Waals surface area contributed by atoms with Gasteiger partial charge < -0.3 is 14.6 Å². The second kappa shape index (κ2) is 6.61. The first-order valence-corrected chi connectivity index (χ1v) is 7.95. The lowest BCUT2D eigenvalue weighted by Crippen LogP contribution is -2.34. The fourth-order valence-electron chi connectivity index (χ4n) is 3.02. The summed E-state index contributed by atoms with van der Waals surface area (Å²) in [6.45, 7) is 9.86. The number of nitrogens with zero attached hydrogens (tertiary/aromatic N) is 2. The van der Waals surface area contributed by atoms with Crippen molar-refractivity contribution in [3.63, 3.8) is 0 Å². The van der Waals surface area contributed by atoms with Crippen LogP contribution in [0.5, 0.6) is 0 Å². The topological polar surface area (TPSA) is 39.1 Å². The molecule has 0 bridgehead atoms. The molecule has 0 aromatic carbocycles. The van der Waals surface area contributed by atoms with Gasteiger partial charge in [0.2, 0.25) is 5.95 Å². The van der Waals surface area contributed by atoms with Crippen LogP contribution in [0.1, 0.15) is 64.6 Å². The molecule has 1 N–H and O–H groups in total. The third-order valence-corrected chi connectivity index (χ3v) is 4.03. The number of aromatic nitrogens is 2. The highest BCUT2D eigenvalue weighted by atomic mass is 16.5. The van der Waals surface area contributed by atoms with Crippen LogP contribution in [0.4, 0.5) is 5.95 Å². The third-order valence-electron chi connectivity index (χ3n) is 4.03. The summed E-state index contributed by atoms with van der Waals surface area (Å²) in [6.07, 6.45) is 8.80. The number of imidazole rings is 1. The maximum atomic E-state index is 5.74. The molecule has 1 aliphatic rings. The van der Waals surface area contributed by atoms with Gasteiger partial charge in [-0.3, -0.25) is 0 Å². The fraction of sp³-hybridized carbons (Fsp3) is 0.812. The lowest BCUT2D eigenvalue weighted by molar-refractivity contribution is 0.000513. The predicted octanol–water partition coefficient (Wildman–Crippen LogP) is 3.92. The highest BCUT2D eigenvalue weighted by Gasteiger charge is 2.22. The Balaban J connectivity index is 2.03. The molecule has 0 aliphatic heterocycles. The summed E-state index contributed by atoms with van der Waals surface area (Å²) in [5.74, 6) is 1.00. The van der Waals surface area contributed by atoms with E-state index in [4.69, 9.17) is 4.74 Å². The van der Waals surface area contributed by atoms with Crippen LogP contribution in [0.15, 0.2) is 6.20 Å². The van der Waals surface area contributed by atoms with E-state index < -0.39 is 0 Å². The summed E-state index contributed by atoms with van der Waals surface area (Å²) in [4.78, 5) is 4.65. The van der Waals surface area contributed by atoms with Gasteiger partial charge >= 0.3 is 0 Å². The second-order valence-corrected chi connectivity index (χ2v) is 6.45. The standard InChI is InChI=1S/C16H29N3O/c1-5-20-16(3,4)12-17-15-18-13(2)11-19(15)14-9-7-6-8-10-14/h11,14H,5-10,12H2,1-4H3,(H,17,18). The van der Waals surface area contributed by atoms with Gasteiger partial charge in [-0.2, -0.15) is 0 Å². The first kappa shape index (κ1) is 15.4. The zero-order valence-corrected chi connectivity index (χ0v) is 13.4. The van der Waals surface area contributed by atoms with Crippen LogP contribution in [-0.2, 0) is 4.74 Å². The van der Waals surface area contributed by atoms with Crippen molar-refractivity contribution in [3.8, 4) is 0 Å². The molecule has 0 radical (unpaired) electrons. The van der Waals surface area contributed by atoms with Gasteiger partial charge in [0.05, 0.1) is 11.3 Å². The monoisotopic (exact) mass is 279 g/mol. The first-order valence-electron chi connectivity index (χ1n) is 7.95. The van der Waals surface area contributed by atoms with Gasteiger partial charge in [-0.1, -0.05) is 19.3 Å². The van der Waals surface area contributed by atoms with Crippen molar-refractivity contribution in [3.05, 3.63) is 11.9 Å². The summed E-state index contributed by atoms with van der Waals surface area (Å²) in [5, 5.41) is 3.48. The number of nitrogens with one attached hydrogen (secondary N) is 1. The Kier molecular flexibility index (Phi) is 5.08. The van der Waals surface area contributed by atoms with Gasteiger partial charge in [-0.25, -0.2) is 4.98 Å². The third kappa shape index (κ3) is 3.98. The number of ether oxygens (including phenoxy) is 1. The second-order valence-electron chi connectivity index (χ2n) is 6.45. The molecule has 1 fully saturated rings. The van der Waals surface area contributed by atoms with Crippen molar-refractivity contribution in [2.75, 3.05) is 18.5 Å². The van der Waals surface area contributed by atoms with Gasteiger partial charge in [0.1, 0.15) is 0 Å². The lowest BCUT2D eigenvalue weighted by atomic mass is 9.95. The van der Waals surface area contributed by atoms with Gasteiger partial charge in [0.15, 0.2) is 0 Å². The molecule has 1 aromatic heterocycles. The van der Waals surface area contributed by atoms with Crippen molar-refractivity contribution in [1.82, 2.24) is 9.55 Å². The van der Waals surface area contributed by atoms with E-state index in [2.05, 4.69) is 41.8 Å². The Hall–Kier alpha value is -1.03. The molecule has 1 aliphatic carbocycles. The molecule has 0 atom stereocenters. The molecule has 2 rings (SSSR count). The van der Waals surface area contributed by atoms with Crippen LogP contribution in [0.3, 0.4) is 0 Å². The minimum Gasteiger partial charge on any atom is -0.374 e. The molecule has 1 heterocycles. The largest absolute Gasteiger partial charge is 0.374 e. The average Bonchev–Trinajstić information content (AvgIpc) is 2.79. The molecule has 4 heteroatoms. The van der Waals surface area contributed by atoms with Gasteiger partial charge in [0.25, 0.3) is 0 Å². The molecule has 1 saturated carbocycles. The smallest absolute Gasteiger partial charge is 0.203 e. The van der Waals surface area contributed by atoms with Crippen LogP contribution in [0, 0.1) is 6.92 Å². The normalized spacial score (nSPS) is 17.4. The Morgan fingerprint density at radius 1 is 1.35 bits per heavy atom. The Morgan fingerprint density at radius 3 is 2.70 bits per heavy atom. The summed E-state index contributed by atoms with van der Waals surface area (Å²) < 4.78 is 8.09. The SMILES string of the molecule is CCOC(C)(C)CNc1nc(C)cn1C1CCCCC1. The zero-order chi connectivity index (χ0) is 14.6. The van der Waals surface area contributed by atoms with Crippen LogP contribution < -0.4 is 5.32 Å². The van der Waals surface area contributed by atoms with Gasteiger partial charge in [-0.05, 0) is 40.5 Å². The summed E-state index contributed by atoms with van der Waals surface area (Å²) in [5.41, 5.74) is 0.929. The minimum absolute atomic E-state index is 0.161. The predicted molar refractivity (Wildman–Crippen MR) is 83.3 cm³/mol. The van der Waals surface area contributed by atoms with Crippen molar-refractivity contribution >= 4 is 5.95 Å². The number of hydrogen-bond donors (Lipinski definition) is 1. The van der Waals surface area contributed by atoms with Crippen LogP contribution in [-0.4, -0.2) is 28.3 Å². The molecule has 0 saturated heterocycles. The highest BCUT2D eigenvalue weighted by Crippen LogP contribution is 2.31. The number of aryl methyl sites for hydroxylation is 1. The number of anilines is 1. The number of rotatable bonds is 6. The van der Waals surface area contributed by atoms with Crippen molar-refractivity contribution < 1.29 is 4.74 Å². The molecule has 0 unspecified atom stereocenters. The lowest BCUT2D eigenvalue weighted by Gasteiger charge is -2.28. The molecule has 20 heavy (non-hydrogen) atoms. The first-order chi connectivity index (χ1) is 9.52. The van der Waals surface area contributed by atoms with Crippen LogP contribution >= 0.6 is 0 Å². The molecule has 4 nitrogen and oxygen atoms in total. The Morgan fingerprint density at radius 2 is 2.05 bits per heavy atom. The minimum atomic E-state index is -0.161. The molecule has 114 valence electrons. The van der Waals surface area contributed by atoms with E-state index in [-0.39, 0.29) is 5.60 Å². The van der Waals surface area contributed by atoms with Crippen molar-refractivity contribution in [2.24, 2.45) is 0 Å². The van der Waals surface area contributed by atoms with E-state index in [1.165, 1.54) is 32.1 Å². The van der Waals surface area contributed by atoms with E-state index in [0.717, 1.165) is 24.8 Å². The van der Waals surface area contributed by atoms with Crippen molar-refractivity contribution in [2.45, 2.75) is 71.4 Å². The zero-order valence-electron chi connectivity index (χ0n) is 13.4. The summed E-state index contributed by atoms with van der Waals surface area (Å²) in [7, 11) is 0. The van der Waals surface area contributed by atoms with Crippen LogP contribution in [0.25, 0.3) is 0 Å². The maximum absolute atomic E-state index is 5.74. The van der Waals surface area contributed by atoms with E-state index in [1.54, 1.807) is 0 Å². The summed E-state index contributed by atoms with van der Waals surface area (Å²) in [6, 6.07) is 0.614. The van der Waals surface area contributed by atoms with Gasteiger partial charge in [0, 0.05) is 25.4 Å². The molecule has 0 amide bonds. The average molecular weight is 279 g/mol. The van der Waals surface area contributed by atoms with E-state index in [1.807, 2.05) is 6.92 Å².